The summed E-state index contributed by atoms with van der Waals surface area (Å²) in [6.45, 7) is 1.48. The SMILES string of the molecule is O=C(c1ccccc1)N1CCC(c2ccnc(Nc3ccccn3)n2)CC1. The van der Waals surface area contributed by atoms with Gasteiger partial charge in [-0.15, -0.1) is 0 Å². The van der Waals surface area contributed by atoms with E-state index in [1.807, 2.05) is 59.5 Å². The van der Waals surface area contributed by atoms with Crippen LogP contribution in [0.25, 0.3) is 0 Å². The molecule has 1 aliphatic heterocycles. The zero-order valence-corrected chi connectivity index (χ0v) is 15.0. The molecule has 1 fully saturated rings. The van der Waals surface area contributed by atoms with Crippen LogP contribution in [0.2, 0.25) is 0 Å². The quantitative estimate of drug-likeness (QED) is 0.770. The van der Waals surface area contributed by atoms with Crippen molar-refractivity contribution in [3.8, 4) is 0 Å². The maximum Gasteiger partial charge on any atom is 0.253 e. The third-order valence-electron chi connectivity index (χ3n) is 4.80. The summed E-state index contributed by atoms with van der Waals surface area (Å²) < 4.78 is 0. The maximum absolute atomic E-state index is 12.6. The van der Waals surface area contributed by atoms with E-state index in [-0.39, 0.29) is 5.91 Å². The minimum Gasteiger partial charge on any atom is -0.339 e. The molecule has 6 nitrogen and oxygen atoms in total. The van der Waals surface area contributed by atoms with Gasteiger partial charge in [-0.25, -0.2) is 15.0 Å². The van der Waals surface area contributed by atoms with Crippen molar-refractivity contribution < 1.29 is 4.79 Å². The molecular formula is C21H21N5O. The van der Waals surface area contributed by atoms with Crippen molar-refractivity contribution in [1.82, 2.24) is 19.9 Å². The molecule has 0 unspecified atom stereocenters. The van der Waals surface area contributed by atoms with Gasteiger partial charge in [0.2, 0.25) is 5.95 Å². The van der Waals surface area contributed by atoms with Crippen LogP contribution in [0.1, 0.15) is 34.8 Å². The lowest BCUT2D eigenvalue weighted by molar-refractivity contribution is 0.0712. The van der Waals surface area contributed by atoms with E-state index in [2.05, 4.69) is 20.3 Å². The Morgan fingerprint density at radius 2 is 1.70 bits per heavy atom. The van der Waals surface area contributed by atoms with Gasteiger partial charge >= 0.3 is 0 Å². The first-order valence-corrected chi connectivity index (χ1v) is 9.15. The van der Waals surface area contributed by atoms with E-state index in [1.54, 1.807) is 12.4 Å². The Hall–Kier alpha value is -3.28. The minimum absolute atomic E-state index is 0.106. The molecule has 1 aliphatic rings. The fraction of sp³-hybridized carbons (Fsp3) is 0.238. The molecule has 1 amide bonds. The van der Waals surface area contributed by atoms with Crippen molar-refractivity contribution in [2.45, 2.75) is 18.8 Å². The van der Waals surface area contributed by atoms with Crippen molar-refractivity contribution in [3.63, 3.8) is 0 Å². The average Bonchev–Trinajstić information content (AvgIpc) is 2.75. The number of hydrogen-bond acceptors (Lipinski definition) is 5. The Kier molecular flexibility index (Phi) is 5.05. The average molecular weight is 359 g/mol. The van der Waals surface area contributed by atoms with Gasteiger partial charge in [-0.2, -0.15) is 0 Å². The monoisotopic (exact) mass is 359 g/mol. The molecule has 0 spiro atoms. The lowest BCUT2D eigenvalue weighted by Gasteiger charge is -2.31. The molecule has 0 radical (unpaired) electrons. The number of benzene rings is 1. The predicted octanol–water partition coefficient (Wildman–Crippen LogP) is 3.64. The van der Waals surface area contributed by atoms with Crippen LogP contribution in [-0.4, -0.2) is 38.8 Å². The molecule has 4 rings (SSSR count). The van der Waals surface area contributed by atoms with E-state index in [9.17, 15) is 4.79 Å². The van der Waals surface area contributed by atoms with Gasteiger partial charge in [-0.05, 0) is 43.2 Å². The second-order valence-electron chi connectivity index (χ2n) is 6.58. The van der Waals surface area contributed by atoms with Gasteiger partial charge < -0.3 is 10.2 Å². The second kappa shape index (κ2) is 7.95. The van der Waals surface area contributed by atoms with Crippen LogP contribution in [0.4, 0.5) is 11.8 Å². The van der Waals surface area contributed by atoms with E-state index < -0.39 is 0 Å². The highest BCUT2D eigenvalue weighted by atomic mass is 16.2. The number of nitrogens with zero attached hydrogens (tertiary/aromatic N) is 4. The van der Waals surface area contributed by atoms with E-state index in [4.69, 9.17) is 0 Å². The number of carbonyl (C=O) groups is 1. The van der Waals surface area contributed by atoms with Gasteiger partial charge in [-0.3, -0.25) is 4.79 Å². The zero-order chi connectivity index (χ0) is 18.5. The summed E-state index contributed by atoms with van der Waals surface area (Å²) >= 11 is 0. The van der Waals surface area contributed by atoms with Gasteiger partial charge in [0.05, 0.1) is 0 Å². The van der Waals surface area contributed by atoms with Crippen LogP contribution in [0, 0.1) is 0 Å². The molecule has 3 aromatic rings. The number of nitrogens with one attached hydrogen (secondary N) is 1. The second-order valence-corrected chi connectivity index (χ2v) is 6.58. The molecule has 0 atom stereocenters. The lowest BCUT2D eigenvalue weighted by atomic mass is 9.93. The summed E-state index contributed by atoms with van der Waals surface area (Å²) in [6.07, 6.45) is 5.30. The molecule has 3 heterocycles. The summed E-state index contributed by atoms with van der Waals surface area (Å²) in [7, 11) is 0. The van der Waals surface area contributed by atoms with Crippen LogP contribution < -0.4 is 5.32 Å². The van der Waals surface area contributed by atoms with Crippen molar-refractivity contribution in [2.24, 2.45) is 0 Å². The normalized spacial score (nSPS) is 14.7. The van der Waals surface area contributed by atoms with Crippen molar-refractivity contribution in [1.29, 1.82) is 0 Å². The van der Waals surface area contributed by atoms with Crippen LogP contribution in [0.3, 0.4) is 0 Å². The van der Waals surface area contributed by atoms with Crippen molar-refractivity contribution in [2.75, 3.05) is 18.4 Å². The highest BCUT2D eigenvalue weighted by Gasteiger charge is 2.25. The molecule has 1 N–H and O–H groups in total. The third-order valence-corrected chi connectivity index (χ3v) is 4.80. The maximum atomic E-state index is 12.6. The number of aromatic nitrogens is 3. The number of anilines is 2. The Bertz CT molecular complexity index is 893. The first-order valence-electron chi connectivity index (χ1n) is 9.15. The van der Waals surface area contributed by atoms with E-state index in [0.717, 1.165) is 43.0 Å². The number of amides is 1. The van der Waals surface area contributed by atoms with Gasteiger partial charge in [0, 0.05) is 42.7 Å². The van der Waals surface area contributed by atoms with Crippen LogP contribution in [0.15, 0.2) is 67.0 Å². The Labute approximate surface area is 158 Å². The minimum atomic E-state index is 0.106. The van der Waals surface area contributed by atoms with Gasteiger partial charge in [0.25, 0.3) is 5.91 Å². The topological polar surface area (TPSA) is 71.0 Å². The summed E-state index contributed by atoms with van der Waals surface area (Å²) in [5, 5.41) is 3.13. The highest BCUT2D eigenvalue weighted by molar-refractivity contribution is 5.94. The van der Waals surface area contributed by atoms with E-state index in [1.165, 1.54) is 0 Å². The molecular weight excluding hydrogens is 338 g/mol. The summed E-state index contributed by atoms with van der Waals surface area (Å²) in [4.78, 5) is 27.7. The molecule has 1 aromatic carbocycles. The number of hydrogen-bond donors (Lipinski definition) is 1. The van der Waals surface area contributed by atoms with E-state index in [0.29, 0.717) is 11.9 Å². The summed E-state index contributed by atoms with van der Waals surface area (Å²) in [5.74, 6) is 1.71. The standard InChI is InChI=1S/C21H21N5O/c27-20(17-6-2-1-3-7-17)26-14-10-16(11-15-26)18-9-13-23-21(24-18)25-19-8-4-5-12-22-19/h1-9,12-13,16H,10-11,14-15H2,(H,22,23,24,25). The smallest absolute Gasteiger partial charge is 0.253 e. The molecule has 136 valence electrons. The molecule has 0 aliphatic carbocycles. The molecule has 27 heavy (non-hydrogen) atoms. The molecule has 2 aromatic heterocycles. The molecule has 1 saturated heterocycles. The summed E-state index contributed by atoms with van der Waals surface area (Å²) in [6, 6.07) is 17.1. The first-order chi connectivity index (χ1) is 13.3. The van der Waals surface area contributed by atoms with Crippen LogP contribution >= 0.6 is 0 Å². The predicted molar refractivity (Wildman–Crippen MR) is 104 cm³/mol. The van der Waals surface area contributed by atoms with Gasteiger partial charge in [0.15, 0.2) is 0 Å². The van der Waals surface area contributed by atoms with Crippen LogP contribution in [0.5, 0.6) is 0 Å². The Morgan fingerprint density at radius 1 is 0.926 bits per heavy atom. The lowest BCUT2D eigenvalue weighted by Crippen LogP contribution is -2.38. The Balaban J connectivity index is 1.40. The van der Waals surface area contributed by atoms with Crippen molar-refractivity contribution in [3.05, 3.63) is 78.2 Å². The number of pyridine rings is 1. The van der Waals surface area contributed by atoms with Crippen LogP contribution in [-0.2, 0) is 0 Å². The first kappa shape index (κ1) is 17.1. The highest BCUT2D eigenvalue weighted by Crippen LogP contribution is 2.28. The fourth-order valence-corrected chi connectivity index (χ4v) is 3.35. The number of piperidine rings is 1. The number of likely N-dealkylation sites (tertiary alicyclic amines) is 1. The van der Waals surface area contributed by atoms with Crippen molar-refractivity contribution >= 4 is 17.7 Å². The van der Waals surface area contributed by atoms with Gasteiger partial charge in [-0.1, -0.05) is 24.3 Å². The number of carbonyl (C=O) groups excluding carboxylic acids is 1. The largest absolute Gasteiger partial charge is 0.339 e. The summed E-state index contributed by atoms with van der Waals surface area (Å²) in [5.41, 5.74) is 1.76. The third kappa shape index (κ3) is 4.11. The zero-order valence-electron chi connectivity index (χ0n) is 15.0. The molecule has 0 bridgehead atoms. The fourth-order valence-electron chi connectivity index (χ4n) is 3.35. The molecule has 6 heteroatoms. The Morgan fingerprint density at radius 3 is 2.44 bits per heavy atom. The molecule has 0 saturated carbocycles. The van der Waals surface area contributed by atoms with Gasteiger partial charge in [0.1, 0.15) is 5.82 Å². The number of rotatable bonds is 4. The van der Waals surface area contributed by atoms with E-state index >= 15 is 0 Å².